The summed E-state index contributed by atoms with van der Waals surface area (Å²) >= 11 is 0. The minimum absolute atomic E-state index is 0.0435. The van der Waals surface area contributed by atoms with Gasteiger partial charge in [-0.05, 0) is 31.5 Å². The molecule has 0 fully saturated rings. The smallest absolute Gasteiger partial charge is 0.253 e. The highest BCUT2D eigenvalue weighted by Crippen LogP contribution is 2.15. The van der Waals surface area contributed by atoms with Crippen molar-refractivity contribution in [2.75, 3.05) is 11.5 Å². The molecule has 1 amide bonds. The Labute approximate surface area is 95.3 Å². The molecular formula is C12H17N3O. The van der Waals surface area contributed by atoms with Crippen LogP contribution in [0.5, 0.6) is 0 Å². The van der Waals surface area contributed by atoms with Crippen molar-refractivity contribution in [2.24, 2.45) is 0 Å². The van der Waals surface area contributed by atoms with E-state index in [2.05, 4.69) is 11.9 Å². The van der Waals surface area contributed by atoms with Gasteiger partial charge in [-0.15, -0.1) is 6.58 Å². The molecule has 0 saturated heterocycles. The second-order valence-electron chi connectivity index (χ2n) is 3.75. The summed E-state index contributed by atoms with van der Waals surface area (Å²) in [7, 11) is 0. The zero-order chi connectivity index (χ0) is 12.1. The number of amides is 1. The molecule has 0 saturated carbocycles. The molecule has 0 bridgehead atoms. The molecule has 1 aromatic carbocycles. The van der Waals surface area contributed by atoms with E-state index in [9.17, 15) is 4.79 Å². The molecule has 16 heavy (non-hydrogen) atoms. The Morgan fingerprint density at radius 3 is 2.81 bits per heavy atom. The fourth-order valence-electron chi connectivity index (χ4n) is 1.40. The highest BCUT2D eigenvalue weighted by molar-refractivity contribution is 5.99. The van der Waals surface area contributed by atoms with Crippen molar-refractivity contribution in [3.05, 3.63) is 36.4 Å². The Balaban J connectivity index is 2.76. The second-order valence-corrected chi connectivity index (χ2v) is 3.75. The molecule has 1 atom stereocenters. The first-order valence-corrected chi connectivity index (χ1v) is 5.11. The van der Waals surface area contributed by atoms with Crippen LogP contribution >= 0.6 is 0 Å². The molecule has 1 unspecified atom stereocenters. The second kappa shape index (κ2) is 5.21. The Morgan fingerprint density at radius 1 is 1.56 bits per heavy atom. The molecular weight excluding hydrogens is 202 g/mol. The van der Waals surface area contributed by atoms with Crippen molar-refractivity contribution in [2.45, 2.75) is 19.4 Å². The van der Waals surface area contributed by atoms with Gasteiger partial charge in [0, 0.05) is 17.4 Å². The molecule has 0 radical (unpaired) electrons. The summed E-state index contributed by atoms with van der Waals surface area (Å²) in [5.74, 6) is -0.188. The highest BCUT2D eigenvalue weighted by Gasteiger charge is 2.11. The Hall–Kier alpha value is -1.97. The average Bonchev–Trinajstić information content (AvgIpc) is 2.17. The molecule has 0 aliphatic rings. The van der Waals surface area contributed by atoms with Crippen LogP contribution in [-0.2, 0) is 0 Å². The molecule has 0 spiro atoms. The van der Waals surface area contributed by atoms with Crippen LogP contribution in [0.4, 0.5) is 11.4 Å². The summed E-state index contributed by atoms with van der Waals surface area (Å²) in [6.45, 7) is 5.53. The third-order valence-corrected chi connectivity index (χ3v) is 2.22. The number of nitrogens with two attached hydrogens (primary N) is 2. The van der Waals surface area contributed by atoms with Gasteiger partial charge in [0.1, 0.15) is 0 Å². The standard InChI is InChI=1S/C12H17N3O/c1-3-4-8(2)15-12(16)10-6-5-9(13)7-11(10)14/h3,5-8H,1,4,13-14H2,2H3,(H,15,16). The van der Waals surface area contributed by atoms with Crippen LogP contribution in [0.15, 0.2) is 30.9 Å². The number of rotatable bonds is 4. The summed E-state index contributed by atoms with van der Waals surface area (Å²) < 4.78 is 0. The number of nitrogens with one attached hydrogen (secondary N) is 1. The van der Waals surface area contributed by atoms with E-state index in [1.807, 2.05) is 6.92 Å². The van der Waals surface area contributed by atoms with E-state index >= 15 is 0 Å². The minimum atomic E-state index is -0.188. The predicted octanol–water partition coefficient (Wildman–Crippen LogP) is 1.55. The highest BCUT2D eigenvalue weighted by atomic mass is 16.1. The first kappa shape index (κ1) is 12.1. The van der Waals surface area contributed by atoms with E-state index in [0.29, 0.717) is 16.9 Å². The monoisotopic (exact) mass is 219 g/mol. The van der Waals surface area contributed by atoms with E-state index < -0.39 is 0 Å². The fourth-order valence-corrected chi connectivity index (χ4v) is 1.40. The molecule has 0 aromatic heterocycles. The van der Waals surface area contributed by atoms with Crippen LogP contribution in [0, 0.1) is 0 Å². The van der Waals surface area contributed by atoms with E-state index in [4.69, 9.17) is 11.5 Å². The molecule has 5 N–H and O–H groups in total. The van der Waals surface area contributed by atoms with Crippen LogP contribution in [0.25, 0.3) is 0 Å². The molecule has 1 aromatic rings. The molecule has 86 valence electrons. The Bertz CT molecular complexity index is 401. The van der Waals surface area contributed by atoms with Crippen molar-refractivity contribution >= 4 is 17.3 Å². The third kappa shape index (κ3) is 3.02. The largest absolute Gasteiger partial charge is 0.399 e. The molecule has 0 aliphatic carbocycles. The van der Waals surface area contributed by atoms with E-state index in [1.54, 1.807) is 24.3 Å². The predicted molar refractivity (Wildman–Crippen MR) is 67.0 cm³/mol. The van der Waals surface area contributed by atoms with Gasteiger partial charge in [-0.3, -0.25) is 4.79 Å². The van der Waals surface area contributed by atoms with E-state index in [1.165, 1.54) is 0 Å². The number of carbonyl (C=O) groups is 1. The van der Waals surface area contributed by atoms with Crippen molar-refractivity contribution in [3.8, 4) is 0 Å². The van der Waals surface area contributed by atoms with Crippen LogP contribution < -0.4 is 16.8 Å². The number of benzene rings is 1. The number of carbonyl (C=O) groups excluding carboxylic acids is 1. The number of anilines is 2. The van der Waals surface area contributed by atoms with Crippen molar-refractivity contribution in [1.82, 2.24) is 5.32 Å². The fraction of sp³-hybridized carbons (Fsp3) is 0.250. The number of hydrogen-bond donors (Lipinski definition) is 3. The molecule has 1 rings (SSSR count). The van der Waals surface area contributed by atoms with Crippen molar-refractivity contribution in [1.29, 1.82) is 0 Å². The molecule has 0 aliphatic heterocycles. The summed E-state index contributed by atoms with van der Waals surface area (Å²) in [5.41, 5.74) is 12.7. The Morgan fingerprint density at radius 2 is 2.25 bits per heavy atom. The first-order valence-electron chi connectivity index (χ1n) is 5.11. The van der Waals surface area contributed by atoms with Gasteiger partial charge >= 0.3 is 0 Å². The molecule has 4 heteroatoms. The lowest BCUT2D eigenvalue weighted by atomic mass is 10.1. The SMILES string of the molecule is C=CCC(C)NC(=O)c1ccc(N)cc1N. The lowest BCUT2D eigenvalue weighted by Crippen LogP contribution is -2.32. The zero-order valence-corrected chi connectivity index (χ0v) is 9.36. The maximum Gasteiger partial charge on any atom is 0.253 e. The average molecular weight is 219 g/mol. The number of hydrogen-bond acceptors (Lipinski definition) is 3. The van der Waals surface area contributed by atoms with Crippen LogP contribution in [0.3, 0.4) is 0 Å². The van der Waals surface area contributed by atoms with E-state index in [0.717, 1.165) is 6.42 Å². The zero-order valence-electron chi connectivity index (χ0n) is 9.36. The van der Waals surface area contributed by atoms with Gasteiger partial charge in [0.05, 0.1) is 5.56 Å². The maximum absolute atomic E-state index is 11.8. The molecule has 0 heterocycles. The molecule has 4 nitrogen and oxygen atoms in total. The van der Waals surface area contributed by atoms with Gasteiger partial charge in [-0.1, -0.05) is 6.08 Å². The van der Waals surface area contributed by atoms with Gasteiger partial charge in [0.15, 0.2) is 0 Å². The number of nitrogen functional groups attached to an aromatic ring is 2. The third-order valence-electron chi connectivity index (χ3n) is 2.22. The van der Waals surface area contributed by atoms with Gasteiger partial charge < -0.3 is 16.8 Å². The van der Waals surface area contributed by atoms with Gasteiger partial charge in [-0.2, -0.15) is 0 Å². The van der Waals surface area contributed by atoms with Crippen molar-refractivity contribution in [3.63, 3.8) is 0 Å². The Kier molecular flexibility index (Phi) is 3.94. The lowest BCUT2D eigenvalue weighted by Gasteiger charge is -2.13. The van der Waals surface area contributed by atoms with Gasteiger partial charge in [0.2, 0.25) is 0 Å². The van der Waals surface area contributed by atoms with Crippen molar-refractivity contribution < 1.29 is 4.79 Å². The quantitative estimate of drug-likeness (QED) is 0.530. The first-order chi connectivity index (χ1) is 7.54. The topological polar surface area (TPSA) is 81.1 Å². The maximum atomic E-state index is 11.8. The normalized spacial score (nSPS) is 11.8. The lowest BCUT2D eigenvalue weighted by molar-refractivity contribution is 0.0941. The van der Waals surface area contributed by atoms with Crippen LogP contribution in [0.1, 0.15) is 23.7 Å². The minimum Gasteiger partial charge on any atom is -0.399 e. The van der Waals surface area contributed by atoms with Gasteiger partial charge in [-0.25, -0.2) is 0 Å². The summed E-state index contributed by atoms with van der Waals surface area (Å²) in [6, 6.07) is 4.90. The van der Waals surface area contributed by atoms with Crippen LogP contribution in [-0.4, -0.2) is 11.9 Å². The summed E-state index contributed by atoms with van der Waals surface area (Å²) in [4.78, 5) is 11.8. The van der Waals surface area contributed by atoms with Gasteiger partial charge in [0.25, 0.3) is 5.91 Å². The van der Waals surface area contributed by atoms with E-state index in [-0.39, 0.29) is 11.9 Å². The summed E-state index contributed by atoms with van der Waals surface area (Å²) in [5, 5.41) is 2.83. The summed E-state index contributed by atoms with van der Waals surface area (Å²) in [6.07, 6.45) is 2.48. The van der Waals surface area contributed by atoms with Crippen LogP contribution in [0.2, 0.25) is 0 Å².